The number of urea groups is 1. The molecule has 0 aromatic rings. The largest absolute Gasteiger partial charge is 0.497 e. The highest BCUT2D eigenvalue weighted by Crippen LogP contribution is 1.86. The zero-order valence-corrected chi connectivity index (χ0v) is 4.92. The second-order valence-corrected chi connectivity index (χ2v) is 1.73. The zero-order chi connectivity index (χ0) is 7.56. The highest BCUT2D eigenvalue weighted by atomic mass is 16.2. The number of rotatable bonds is 0. The summed E-state index contributed by atoms with van der Waals surface area (Å²) in [5.41, 5.74) is 8.12. The molecule has 0 atom stereocenters. The second kappa shape index (κ2) is 2.28. The molecule has 52 valence electrons. The molecule has 0 unspecified atom stereocenters. The Morgan fingerprint density at radius 3 is 2.60 bits per heavy atom. The molecule has 1 rings (SSSR count). The lowest BCUT2D eigenvalue weighted by Gasteiger charge is -2.04. The maximum absolute atomic E-state index is 10.5. The van der Waals surface area contributed by atoms with Crippen molar-refractivity contribution < 1.29 is 14.4 Å². The average molecular weight is 140 g/mol. The van der Waals surface area contributed by atoms with Crippen molar-refractivity contribution in [3.63, 3.8) is 0 Å². The van der Waals surface area contributed by atoms with Gasteiger partial charge >= 0.3 is 11.9 Å². The van der Waals surface area contributed by atoms with E-state index < -0.39 is 11.9 Å². The highest BCUT2D eigenvalue weighted by Gasteiger charge is 2.26. The first-order valence-corrected chi connectivity index (χ1v) is 2.54. The topological polar surface area (TPSA) is 94.6 Å². The molecule has 0 aromatic heterocycles. The first kappa shape index (κ1) is 6.44. The van der Waals surface area contributed by atoms with Gasteiger partial charge in [0.2, 0.25) is 5.91 Å². The fraction of sp³-hybridized carbons (Fsp3) is 0.250. The number of carbonyl (C=O) groups excluding carboxylic acids is 2. The summed E-state index contributed by atoms with van der Waals surface area (Å²) in [5, 5.41) is 4.09. The van der Waals surface area contributed by atoms with E-state index in [-0.39, 0.29) is 12.3 Å². The van der Waals surface area contributed by atoms with Gasteiger partial charge in [-0.15, -0.1) is 0 Å². The third kappa shape index (κ3) is 1.18. The van der Waals surface area contributed by atoms with Crippen molar-refractivity contribution in [1.29, 1.82) is 0 Å². The van der Waals surface area contributed by atoms with Crippen LogP contribution in [0.1, 0.15) is 6.42 Å². The molecule has 0 saturated carbocycles. The van der Waals surface area contributed by atoms with Crippen LogP contribution in [0.2, 0.25) is 0 Å². The maximum atomic E-state index is 10.5. The van der Waals surface area contributed by atoms with Gasteiger partial charge in [-0.1, -0.05) is 0 Å². The van der Waals surface area contributed by atoms with Crippen LogP contribution in [-0.2, 0) is 4.79 Å². The summed E-state index contributed by atoms with van der Waals surface area (Å²) in [6.45, 7) is 0. The van der Waals surface area contributed by atoms with E-state index in [2.05, 4.69) is 10.1 Å². The molecule has 3 amide bonds. The summed E-state index contributed by atoms with van der Waals surface area (Å²) in [7, 11) is 0. The molecule has 1 fully saturated rings. The van der Waals surface area contributed by atoms with Crippen LogP contribution in [0, 0.1) is 0 Å². The fourth-order valence-corrected chi connectivity index (χ4v) is 0.590. The highest BCUT2D eigenvalue weighted by molar-refractivity contribution is 6.14. The predicted octanol–water partition coefficient (Wildman–Crippen LogP) is -1.16. The Balaban J connectivity index is 2.78. The molecule has 2 N–H and O–H groups in total. The predicted molar refractivity (Wildman–Crippen MR) is 29.9 cm³/mol. The molecule has 0 aromatic carbocycles. The van der Waals surface area contributed by atoms with Gasteiger partial charge in [0, 0.05) is 0 Å². The lowest BCUT2D eigenvalue weighted by atomic mass is 10.3. The molecule has 6 nitrogen and oxygen atoms in total. The minimum absolute atomic E-state index is 0.0336. The number of carbonyl (C=O) groups is 2. The molecule has 1 heterocycles. The fourth-order valence-electron chi connectivity index (χ4n) is 0.590. The lowest BCUT2D eigenvalue weighted by molar-refractivity contribution is -0.120. The van der Waals surface area contributed by atoms with Crippen LogP contribution in [0.25, 0.3) is 5.53 Å². The molecule has 0 aliphatic carbocycles. The Bertz CT molecular complexity index is 222. The smallest absolute Gasteiger partial charge is 0.413 e. The summed E-state index contributed by atoms with van der Waals surface area (Å²) >= 11 is 0. The first-order valence-electron chi connectivity index (χ1n) is 2.54. The van der Waals surface area contributed by atoms with Crippen LogP contribution in [0.4, 0.5) is 4.79 Å². The Labute approximate surface area is 55.8 Å². The van der Waals surface area contributed by atoms with Crippen molar-refractivity contribution >= 4 is 17.8 Å². The Hall–Kier alpha value is -1.68. The van der Waals surface area contributed by atoms with Gasteiger partial charge in [0.05, 0.1) is 0 Å². The summed E-state index contributed by atoms with van der Waals surface area (Å²) in [5.74, 6) is -0.509. The Kier molecular flexibility index (Phi) is 1.47. The van der Waals surface area contributed by atoms with Crippen LogP contribution < -0.4 is 10.6 Å². The van der Waals surface area contributed by atoms with Crippen LogP contribution in [0.15, 0.2) is 0 Å². The third-order valence-electron chi connectivity index (χ3n) is 0.959. The van der Waals surface area contributed by atoms with Gasteiger partial charge in [0.1, 0.15) is 6.42 Å². The van der Waals surface area contributed by atoms with Crippen molar-refractivity contribution in [3.05, 3.63) is 5.53 Å². The molecule has 10 heavy (non-hydrogen) atoms. The molecule has 1 saturated heterocycles. The van der Waals surface area contributed by atoms with Crippen molar-refractivity contribution in [2.75, 3.05) is 0 Å². The van der Waals surface area contributed by atoms with Crippen molar-refractivity contribution in [1.82, 2.24) is 10.6 Å². The van der Waals surface area contributed by atoms with E-state index in [1.807, 2.05) is 5.32 Å². The van der Waals surface area contributed by atoms with Crippen LogP contribution in [-0.4, -0.2) is 22.6 Å². The standard InChI is InChI=1S/C4H4N4O2/c5-8-2-1-3(9)7-4(10)6-2/h1H2,(H2,6,7,9,10). The van der Waals surface area contributed by atoms with E-state index >= 15 is 0 Å². The minimum atomic E-state index is -0.663. The number of amides is 3. The summed E-state index contributed by atoms with van der Waals surface area (Å²) < 4.78 is 0. The van der Waals surface area contributed by atoms with E-state index in [4.69, 9.17) is 5.53 Å². The van der Waals surface area contributed by atoms with Crippen LogP contribution in [0.3, 0.4) is 0 Å². The molecular formula is C4H4N4O2. The van der Waals surface area contributed by atoms with Crippen LogP contribution in [0.5, 0.6) is 0 Å². The number of amidine groups is 1. The van der Waals surface area contributed by atoms with Crippen molar-refractivity contribution in [2.45, 2.75) is 6.42 Å². The van der Waals surface area contributed by atoms with E-state index in [1.54, 1.807) is 0 Å². The molecule has 1 aliphatic heterocycles. The van der Waals surface area contributed by atoms with E-state index in [1.165, 1.54) is 0 Å². The molecular weight excluding hydrogens is 136 g/mol. The average Bonchev–Trinajstić information content (AvgIpc) is 1.85. The lowest BCUT2D eigenvalue weighted by Crippen LogP contribution is -2.50. The van der Waals surface area contributed by atoms with E-state index in [0.29, 0.717) is 0 Å². The second-order valence-electron chi connectivity index (χ2n) is 1.73. The third-order valence-corrected chi connectivity index (χ3v) is 0.959. The van der Waals surface area contributed by atoms with Gasteiger partial charge < -0.3 is 10.3 Å². The Morgan fingerprint density at radius 1 is 1.40 bits per heavy atom. The molecule has 1 aliphatic rings. The van der Waals surface area contributed by atoms with E-state index in [0.717, 1.165) is 0 Å². The van der Waals surface area contributed by atoms with Gasteiger partial charge in [0.25, 0.3) is 0 Å². The summed E-state index contributed by atoms with van der Waals surface area (Å²) in [6, 6.07) is -0.663. The van der Waals surface area contributed by atoms with Crippen LogP contribution >= 0.6 is 0 Å². The van der Waals surface area contributed by atoms with Gasteiger partial charge in [0.15, 0.2) is 0 Å². The van der Waals surface area contributed by atoms with Crippen molar-refractivity contribution in [3.8, 4) is 0 Å². The molecule has 0 spiro atoms. The number of nitrogens with zero attached hydrogens (tertiary/aromatic N) is 2. The van der Waals surface area contributed by atoms with Gasteiger partial charge in [-0.05, 0) is 0 Å². The van der Waals surface area contributed by atoms with Crippen molar-refractivity contribution in [2.24, 2.45) is 0 Å². The monoisotopic (exact) mass is 140 g/mol. The SMILES string of the molecule is [N-]=[N+]=C1CC(=O)NC(=O)N1. The van der Waals surface area contributed by atoms with Gasteiger partial charge in [-0.25, -0.2) is 4.79 Å². The maximum Gasteiger partial charge on any atom is 0.413 e. The summed E-state index contributed by atoms with van der Waals surface area (Å²) in [4.78, 5) is 23.6. The first-order chi connectivity index (χ1) is 4.72. The van der Waals surface area contributed by atoms with E-state index in [9.17, 15) is 9.59 Å². The number of imide groups is 1. The van der Waals surface area contributed by atoms with Gasteiger partial charge in [-0.3, -0.25) is 10.1 Å². The molecule has 0 bridgehead atoms. The van der Waals surface area contributed by atoms with Gasteiger partial charge in [-0.2, -0.15) is 5.32 Å². The number of hydrogen-bond donors (Lipinski definition) is 2. The summed E-state index contributed by atoms with van der Waals surface area (Å²) in [6.07, 6.45) is -0.0950. The zero-order valence-electron chi connectivity index (χ0n) is 4.92. The Morgan fingerprint density at radius 2 is 2.10 bits per heavy atom. The number of nitrogens with one attached hydrogen (secondary N) is 2. The normalized spacial score (nSPS) is 17.4. The quantitative estimate of drug-likeness (QED) is 0.328. The minimum Gasteiger partial charge on any atom is -0.497 e. The molecule has 6 heteroatoms. The molecule has 0 radical (unpaired) electrons. The number of hydrogen-bond acceptors (Lipinski definition) is 2.